The van der Waals surface area contributed by atoms with Crippen LogP contribution in [0.4, 0.5) is 4.39 Å². The summed E-state index contributed by atoms with van der Waals surface area (Å²) < 4.78 is 18.7. The topological polar surface area (TPSA) is 59.4 Å². The number of benzene rings is 1. The number of hydrogen-bond acceptors (Lipinski definition) is 4. The van der Waals surface area contributed by atoms with Crippen molar-refractivity contribution in [2.75, 3.05) is 0 Å². The zero-order chi connectivity index (χ0) is 14.5. The molecule has 0 radical (unpaired) electrons. The smallest absolute Gasteiger partial charge is 0.328 e. The molecule has 2 rings (SSSR count). The van der Waals surface area contributed by atoms with Crippen LogP contribution >= 0.6 is 11.3 Å². The summed E-state index contributed by atoms with van der Waals surface area (Å²) in [6, 6.07) is 3.96. The molecule has 20 heavy (non-hydrogen) atoms. The second-order valence-electron chi connectivity index (χ2n) is 4.00. The molecule has 1 aromatic heterocycles. The number of aromatic nitrogens is 1. The predicted molar refractivity (Wildman–Crippen MR) is 74.3 cm³/mol. The molecule has 1 heterocycles. The lowest BCUT2D eigenvalue weighted by Gasteiger charge is -2.08. The van der Waals surface area contributed by atoms with E-state index in [1.54, 1.807) is 0 Å². The predicted octanol–water partition coefficient (Wildman–Crippen LogP) is 3.27. The second-order valence-corrected chi connectivity index (χ2v) is 5.06. The Kier molecular flexibility index (Phi) is 4.47. The van der Waals surface area contributed by atoms with Crippen molar-refractivity contribution in [3.05, 3.63) is 51.7 Å². The molecule has 1 aromatic carbocycles. The molecule has 0 saturated heterocycles. The second kappa shape index (κ2) is 6.29. The quantitative estimate of drug-likeness (QED) is 0.860. The molecule has 0 aliphatic carbocycles. The fraction of sp³-hybridized carbons (Fsp3) is 0.143. The van der Waals surface area contributed by atoms with Crippen LogP contribution in [0.2, 0.25) is 0 Å². The lowest BCUT2D eigenvalue weighted by Crippen LogP contribution is -1.98. The van der Waals surface area contributed by atoms with Crippen LogP contribution in [0.1, 0.15) is 16.3 Å². The summed E-state index contributed by atoms with van der Waals surface area (Å²) >= 11 is 1.52. The van der Waals surface area contributed by atoms with Gasteiger partial charge in [-0.2, -0.15) is 0 Å². The molecule has 6 heteroatoms. The average Bonchev–Trinajstić information content (AvgIpc) is 2.81. The molecule has 0 spiro atoms. The Bertz CT molecular complexity index is 652. The normalized spacial score (nSPS) is 10.9. The van der Waals surface area contributed by atoms with Crippen molar-refractivity contribution in [3.8, 4) is 5.75 Å². The molecule has 1 N–H and O–H groups in total. The molecule has 0 bridgehead atoms. The highest BCUT2D eigenvalue weighted by Gasteiger charge is 2.05. The number of aliphatic carboxylic acids is 1. The average molecular weight is 293 g/mol. The maximum atomic E-state index is 13.2. The maximum Gasteiger partial charge on any atom is 0.328 e. The molecule has 0 saturated carbocycles. The molecule has 0 atom stereocenters. The zero-order valence-electron chi connectivity index (χ0n) is 10.7. The molecule has 4 nitrogen and oxygen atoms in total. The van der Waals surface area contributed by atoms with Gasteiger partial charge in [0, 0.05) is 17.0 Å². The van der Waals surface area contributed by atoms with Crippen molar-refractivity contribution in [3.63, 3.8) is 0 Å². The van der Waals surface area contributed by atoms with Crippen LogP contribution in [0.15, 0.2) is 29.7 Å². The van der Waals surface area contributed by atoms with E-state index in [4.69, 9.17) is 9.84 Å². The van der Waals surface area contributed by atoms with E-state index in [9.17, 15) is 9.18 Å². The Hall–Kier alpha value is -2.21. The number of carboxylic acids is 1. The SMILES string of the molecule is Cc1nc(COc2ccc(F)cc2/C=C/C(=O)O)cs1. The molecule has 2 aromatic rings. The first-order chi connectivity index (χ1) is 9.54. The third kappa shape index (κ3) is 3.89. The number of rotatable bonds is 5. The van der Waals surface area contributed by atoms with Gasteiger partial charge in [0.05, 0.1) is 10.7 Å². The first kappa shape index (κ1) is 14.2. The standard InChI is InChI=1S/C14H12FNO3S/c1-9-16-12(8-20-9)7-19-13-4-3-11(15)6-10(13)2-5-14(17)18/h2-6,8H,7H2,1H3,(H,17,18)/b5-2+. The van der Waals surface area contributed by atoms with Crippen LogP contribution in [0.25, 0.3) is 6.08 Å². The fourth-order valence-electron chi connectivity index (χ4n) is 1.57. The first-order valence-corrected chi connectivity index (χ1v) is 6.67. The van der Waals surface area contributed by atoms with E-state index < -0.39 is 11.8 Å². The minimum atomic E-state index is -1.10. The van der Waals surface area contributed by atoms with Crippen molar-refractivity contribution >= 4 is 23.4 Å². The van der Waals surface area contributed by atoms with Crippen molar-refractivity contribution < 1.29 is 19.0 Å². The van der Waals surface area contributed by atoms with Gasteiger partial charge in [0.25, 0.3) is 0 Å². The van der Waals surface area contributed by atoms with Crippen LogP contribution in [0.5, 0.6) is 5.75 Å². The number of thiazole rings is 1. The van der Waals surface area contributed by atoms with Gasteiger partial charge in [-0.1, -0.05) is 0 Å². The highest BCUT2D eigenvalue weighted by molar-refractivity contribution is 7.09. The summed E-state index contributed by atoms with van der Waals surface area (Å²) in [5, 5.41) is 11.4. The molecule has 104 valence electrons. The molecular weight excluding hydrogens is 281 g/mol. The third-order valence-electron chi connectivity index (χ3n) is 2.42. The molecule has 0 amide bonds. The zero-order valence-corrected chi connectivity index (χ0v) is 11.5. The molecule has 0 fully saturated rings. The Labute approximate surface area is 119 Å². The molecule has 0 aliphatic rings. The number of nitrogens with zero attached hydrogens (tertiary/aromatic N) is 1. The van der Waals surface area contributed by atoms with E-state index in [0.29, 0.717) is 11.3 Å². The number of halogens is 1. The molecule has 0 unspecified atom stereocenters. The summed E-state index contributed by atoms with van der Waals surface area (Å²) in [7, 11) is 0. The van der Waals surface area contributed by atoms with E-state index in [0.717, 1.165) is 16.8 Å². The summed E-state index contributed by atoms with van der Waals surface area (Å²) in [6.07, 6.45) is 2.24. The van der Waals surface area contributed by atoms with E-state index in [-0.39, 0.29) is 6.61 Å². The summed E-state index contributed by atoms with van der Waals surface area (Å²) in [4.78, 5) is 14.8. The van der Waals surface area contributed by atoms with Gasteiger partial charge in [-0.15, -0.1) is 11.3 Å². The lowest BCUT2D eigenvalue weighted by molar-refractivity contribution is -0.131. The van der Waals surface area contributed by atoms with E-state index in [2.05, 4.69) is 4.98 Å². The lowest BCUT2D eigenvalue weighted by atomic mass is 10.2. The van der Waals surface area contributed by atoms with Gasteiger partial charge < -0.3 is 9.84 Å². The van der Waals surface area contributed by atoms with Crippen molar-refractivity contribution in [2.45, 2.75) is 13.5 Å². The van der Waals surface area contributed by atoms with Gasteiger partial charge in [-0.3, -0.25) is 0 Å². The van der Waals surface area contributed by atoms with E-state index >= 15 is 0 Å². The minimum absolute atomic E-state index is 0.254. The van der Waals surface area contributed by atoms with Crippen LogP contribution in [0.3, 0.4) is 0 Å². The van der Waals surface area contributed by atoms with Crippen molar-refractivity contribution in [1.29, 1.82) is 0 Å². The van der Waals surface area contributed by atoms with E-state index in [1.165, 1.54) is 35.6 Å². The van der Waals surface area contributed by atoms with Gasteiger partial charge in [0.2, 0.25) is 0 Å². The highest BCUT2D eigenvalue weighted by atomic mass is 32.1. The Balaban J connectivity index is 2.15. The van der Waals surface area contributed by atoms with E-state index in [1.807, 2.05) is 12.3 Å². The highest BCUT2D eigenvalue weighted by Crippen LogP contribution is 2.22. The van der Waals surface area contributed by atoms with Gasteiger partial charge in [0.15, 0.2) is 0 Å². The Morgan fingerprint density at radius 1 is 1.55 bits per heavy atom. The first-order valence-electron chi connectivity index (χ1n) is 5.79. The van der Waals surface area contributed by atoms with Crippen LogP contribution in [0, 0.1) is 12.7 Å². The molecular formula is C14H12FNO3S. The fourth-order valence-corrected chi connectivity index (χ4v) is 2.17. The number of carboxylic acid groups (broad SMARTS) is 1. The minimum Gasteiger partial charge on any atom is -0.487 e. The molecule has 0 aliphatic heterocycles. The van der Waals surface area contributed by atoms with Crippen LogP contribution in [-0.2, 0) is 11.4 Å². The van der Waals surface area contributed by atoms with Gasteiger partial charge in [-0.05, 0) is 31.2 Å². The van der Waals surface area contributed by atoms with Gasteiger partial charge in [-0.25, -0.2) is 14.2 Å². The summed E-state index contributed by atoms with van der Waals surface area (Å²) in [5.41, 5.74) is 1.16. The van der Waals surface area contributed by atoms with Crippen molar-refractivity contribution in [2.24, 2.45) is 0 Å². The monoisotopic (exact) mass is 293 g/mol. The summed E-state index contributed by atoms with van der Waals surface area (Å²) in [5.74, 6) is -1.14. The number of aryl methyl sites for hydroxylation is 1. The van der Waals surface area contributed by atoms with Gasteiger partial charge >= 0.3 is 5.97 Å². The Morgan fingerprint density at radius 3 is 3.00 bits per heavy atom. The number of ether oxygens (including phenoxy) is 1. The summed E-state index contributed by atoms with van der Waals surface area (Å²) in [6.45, 7) is 2.15. The van der Waals surface area contributed by atoms with Crippen molar-refractivity contribution in [1.82, 2.24) is 4.98 Å². The maximum absolute atomic E-state index is 13.2. The Morgan fingerprint density at radius 2 is 2.35 bits per heavy atom. The number of hydrogen-bond donors (Lipinski definition) is 1. The van der Waals surface area contributed by atoms with Crippen LogP contribution < -0.4 is 4.74 Å². The van der Waals surface area contributed by atoms with Crippen LogP contribution in [-0.4, -0.2) is 16.1 Å². The third-order valence-corrected chi connectivity index (χ3v) is 3.24. The number of carbonyl (C=O) groups is 1. The van der Waals surface area contributed by atoms with Gasteiger partial charge in [0.1, 0.15) is 18.2 Å². The largest absolute Gasteiger partial charge is 0.487 e.